The topological polar surface area (TPSA) is 47.6 Å². The predicted octanol–water partition coefficient (Wildman–Crippen LogP) is 2.82. The number of benzene rings is 1. The number of amides is 1. The van der Waals surface area contributed by atoms with Crippen molar-refractivity contribution < 1.29 is 14.3 Å². The molecule has 2 rings (SSSR count). The maximum Gasteiger partial charge on any atom is 0.412 e. The van der Waals surface area contributed by atoms with Crippen LogP contribution in [-0.2, 0) is 6.42 Å². The number of nitrogens with one attached hydrogen (secondary N) is 1. The molecule has 1 heterocycles. The average molecular weight is 249 g/mol. The smallest absolute Gasteiger partial charge is 0.412 e. The molecule has 1 aromatic carbocycles. The van der Waals surface area contributed by atoms with Crippen molar-refractivity contribution in [3.63, 3.8) is 0 Å². The van der Waals surface area contributed by atoms with E-state index < -0.39 is 6.09 Å². The number of ether oxygens (including phenoxy) is 2. The number of hydrogen-bond acceptors (Lipinski definition) is 3. The third-order valence-electron chi connectivity index (χ3n) is 3.06. The molecule has 0 atom stereocenters. The van der Waals surface area contributed by atoms with Gasteiger partial charge >= 0.3 is 6.09 Å². The van der Waals surface area contributed by atoms with Gasteiger partial charge in [-0.1, -0.05) is 6.07 Å². The van der Waals surface area contributed by atoms with Crippen LogP contribution >= 0.6 is 0 Å². The second-order valence-electron chi connectivity index (χ2n) is 5.25. The van der Waals surface area contributed by atoms with Crippen LogP contribution in [0.2, 0.25) is 0 Å². The minimum Gasteiger partial charge on any atom is -0.484 e. The Kier molecular flexibility index (Phi) is 3.20. The third-order valence-corrected chi connectivity index (χ3v) is 3.06. The normalized spacial score (nSPS) is 16.4. The van der Waals surface area contributed by atoms with E-state index in [0.29, 0.717) is 11.5 Å². The quantitative estimate of drug-likeness (QED) is 0.832. The van der Waals surface area contributed by atoms with Gasteiger partial charge in [-0.05, 0) is 50.8 Å². The van der Waals surface area contributed by atoms with Gasteiger partial charge in [0.05, 0.1) is 0 Å². The van der Waals surface area contributed by atoms with E-state index in [0.717, 1.165) is 24.0 Å². The van der Waals surface area contributed by atoms with Crippen molar-refractivity contribution in [2.24, 2.45) is 0 Å². The van der Waals surface area contributed by atoms with Crippen LogP contribution in [0.3, 0.4) is 0 Å². The fraction of sp³-hybridized carbons (Fsp3) is 0.500. The molecule has 4 nitrogen and oxygen atoms in total. The Labute approximate surface area is 107 Å². The van der Waals surface area contributed by atoms with E-state index in [4.69, 9.17) is 9.47 Å². The van der Waals surface area contributed by atoms with Crippen LogP contribution in [0.1, 0.15) is 31.4 Å². The van der Waals surface area contributed by atoms with E-state index in [9.17, 15) is 4.79 Å². The van der Waals surface area contributed by atoms with Crippen molar-refractivity contribution >= 4 is 6.09 Å². The van der Waals surface area contributed by atoms with Crippen molar-refractivity contribution in [2.75, 3.05) is 7.05 Å². The van der Waals surface area contributed by atoms with Crippen molar-refractivity contribution in [3.05, 3.63) is 23.3 Å². The Hall–Kier alpha value is -1.71. The Balaban J connectivity index is 2.40. The summed E-state index contributed by atoms with van der Waals surface area (Å²) in [6.45, 7) is 6.07. The minimum absolute atomic E-state index is 0.219. The molecular formula is C14H19NO3. The first-order chi connectivity index (χ1) is 8.41. The van der Waals surface area contributed by atoms with Gasteiger partial charge in [0.2, 0.25) is 0 Å². The van der Waals surface area contributed by atoms with Gasteiger partial charge in [0, 0.05) is 7.05 Å². The maximum atomic E-state index is 11.4. The van der Waals surface area contributed by atoms with Crippen LogP contribution in [0.25, 0.3) is 0 Å². The monoisotopic (exact) mass is 249 g/mol. The summed E-state index contributed by atoms with van der Waals surface area (Å²) in [5.41, 5.74) is 1.95. The van der Waals surface area contributed by atoms with E-state index in [1.807, 2.05) is 26.8 Å². The van der Waals surface area contributed by atoms with E-state index >= 15 is 0 Å². The summed E-state index contributed by atoms with van der Waals surface area (Å²) in [6, 6.07) is 3.91. The summed E-state index contributed by atoms with van der Waals surface area (Å²) in [5.74, 6) is 1.19. The molecule has 0 radical (unpaired) electrons. The molecule has 0 bridgehead atoms. The number of hydrogen-bond donors (Lipinski definition) is 1. The third kappa shape index (κ3) is 2.58. The summed E-state index contributed by atoms with van der Waals surface area (Å²) < 4.78 is 11.2. The molecule has 0 fully saturated rings. The second kappa shape index (κ2) is 4.52. The molecule has 18 heavy (non-hydrogen) atoms. The van der Waals surface area contributed by atoms with Crippen LogP contribution in [0.4, 0.5) is 4.79 Å². The van der Waals surface area contributed by atoms with Gasteiger partial charge in [-0.15, -0.1) is 0 Å². The van der Waals surface area contributed by atoms with Gasteiger partial charge in [-0.3, -0.25) is 0 Å². The number of fused-ring (bicyclic) bond motifs is 1. The van der Waals surface area contributed by atoms with E-state index in [1.54, 1.807) is 0 Å². The zero-order valence-corrected chi connectivity index (χ0v) is 11.3. The SMILES string of the molecule is CNC(=O)Oc1cc(C)cc2c1OC(C)(C)CC2. The Morgan fingerprint density at radius 3 is 2.83 bits per heavy atom. The van der Waals surface area contributed by atoms with Gasteiger partial charge in [0.25, 0.3) is 0 Å². The highest BCUT2D eigenvalue weighted by Crippen LogP contribution is 2.41. The minimum atomic E-state index is -0.477. The molecule has 0 unspecified atom stereocenters. The summed E-state index contributed by atoms with van der Waals surface area (Å²) in [5, 5.41) is 2.44. The van der Waals surface area contributed by atoms with Crippen LogP contribution in [0.5, 0.6) is 11.5 Å². The molecule has 1 amide bonds. The van der Waals surface area contributed by atoms with Crippen LogP contribution < -0.4 is 14.8 Å². The van der Waals surface area contributed by atoms with E-state index in [1.165, 1.54) is 7.05 Å². The molecule has 98 valence electrons. The lowest BCUT2D eigenvalue weighted by Gasteiger charge is -2.33. The molecule has 1 N–H and O–H groups in total. The Morgan fingerprint density at radius 1 is 1.44 bits per heavy atom. The molecule has 0 saturated heterocycles. The molecule has 1 aliphatic heterocycles. The largest absolute Gasteiger partial charge is 0.484 e. The first kappa shape index (κ1) is 12.7. The first-order valence-corrected chi connectivity index (χ1v) is 6.13. The maximum absolute atomic E-state index is 11.4. The zero-order valence-electron chi connectivity index (χ0n) is 11.3. The lowest BCUT2D eigenvalue weighted by molar-refractivity contribution is 0.0804. The number of carbonyl (C=O) groups excluding carboxylic acids is 1. The van der Waals surface area contributed by atoms with Crippen LogP contribution in [0.15, 0.2) is 12.1 Å². The lowest BCUT2D eigenvalue weighted by atomic mass is 9.93. The second-order valence-corrected chi connectivity index (χ2v) is 5.25. The van der Waals surface area contributed by atoms with Gasteiger partial charge < -0.3 is 14.8 Å². The molecule has 0 aromatic heterocycles. The Morgan fingerprint density at radius 2 is 2.17 bits per heavy atom. The van der Waals surface area contributed by atoms with Gasteiger partial charge in [-0.25, -0.2) is 4.79 Å². The fourth-order valence-corrected chi connectivity index (χ4v) is 2.10. The summed E-state index contributed by atoms with van der Waals surface area (Å²) >= 11 is 0. The number of carbonyl (C=O) groups is 1. The van der Waals surface area contributed by atoms with Gasteiger partial charge in [0.1, 0.15) is 5.60 Å². The highest BCUT2D eigenvalue weighted by molar-refractivity contribution is 5.71. The van der Waals surface area contributed by atoms with E-state index in [-0.39, 0.29) is 5.60 Å². The standard InChI is InChI=1S/C14H19NO3/c1-9-7-10-5-6-14(2,3)18-12(10)11(8-9)17-13(16)15-4/h7-8H,5-6H2,1-4H3,(H,15,16). The molecule has 0 saturated carbocycles. The average Bonchev–Trinajstić information content (AvgIpc) is 2.29. The molecule has 0 aliphatic carbocycles. The summed E-state index contributed by atoms with van der Waals surface area (Å²) in [7, 11) is 1.54. The van der Waals surface area contributed by atoms with Gasteiger partial charge in [-0.2, -0.15) is 0 Å². The molecule has 0 spiro atoms. The van der Waals surface area contributed by atoms with Gasteiger partial charge in [0.15, 0.2) is 11.5 Å². The lowest BCUT2D eigenvalue weighted by Crippen LogP contribution is -2.33. The highest BCUT2D eigenvalue weighted by Gasteiger charge is 2.29. The first-order valence-electron chi connectivity index (χ1n) is 6.13. The van der Waals surface area contributed by atoms with Crippen molar-refractivity contribution in [1.82, 2.24) is 5.32 Å². The number of rotatable bonds is 1. The van der Waals surface area contributed by atoms with Crippen LogP contribution in [0, 0.1) is 6.92 Å². The molecule has 4 heteroatoms. The summed E-state index contributed by atoms with van der Waals surface area (Å²) in [6.07, 6.45) is 1.42. The molecule has 1 aliphatic rings. The van der Waals surface area contributed by atoms with Crippen molar-refractivity contribution in [3.8, 4) is 11.5 Å². The summed E-state index contributed by atoms with van der Waals surface area (Å²) in [4.78, 5) is 11.4. The molecular weight excluding hydrogens is 230 g/mol. The van der Waals surface area contributed by atoms with Crippen molar-refractivity contribution in [2.45, 2.75) is 39.2 Å². The fourth-order valence-electron chi connectivity index (χ4n) is 2.10. The van der Waals surface area contributed by atoms with Crippen molar-refractivity contribution in [1.29, 1.82) is 0 Å². The Bertz CT molecular complexity index is 480. The highest BCUT2D eigenvalue weighted by atomic mass is 16.6. The van der Waals surface area contributed by atoms with E-state index in [2.05, 4.69) is 11.4 Å². The molecule has 1 aromatic rings. The number of aryl methyl sites for hydroxylation is 2. The predicted molar refractivity (Wildman–Crippen MR) is 69.3 cm³/mol. The van der Waals surface area contributed by atoms with Crippen LogP contribution in [-0.4, -0.2) is 18.7 Å². The zero-order chi connectivity index (χ0) is 13.3.